The van der Waals surface area contributed by atoms with Gasteiger partial charge in [-0.3, -0.25) is 0 Å². The molecule has 0 amide bonds. The number of benzene rings is 1. The molecule has 7 heteroatoms. The average Bonchev–Trinajstić information content (AvgIpc) is 2.39. The summed E-state index contributed by atoms with van der Waals surface area (Å²) in [5.74, 6) is -0.662. The Labute approximate surface area is 112 Å². The van der Waals surface area contributed by atoms with E-state index >= 15 is 0 Å². The molecule has 19 heavy (non-hydrogen) atoms. The molecule has 1 unspecified atom stereocenters. The summed E-state index contributed by atoms with van der Waals surface area (Å²) in [5.41, 5.74) is 0. The van der Waals surface area contributed by atoms with E-state index in [0.717, 1.165) is 25.5 Å². The quantitative estimate of drug-likeness (QED) is 0.862. The molecule has 1 atom stereocenters. The zero-order valence-electron chi connectivity index (χ0n) is 10.6. The van der Waals surface area contributed by atoms with Crippen molar-refractivity contribution >= 4 is 10.0 Å². The van der Waals surface area contributed by atoms with Gasteiger partial charge in [0, 0.05) is 18.7 Å². The van der Waals surface area contributed by atoms with Gasteiger partial charge in [0.25, 0.3) is 0 Å². The summed E-state index contributed by atoms with van der Waals surface area (Å²) in [7, 11) is -2.35. The normalized spacial score (nSPS) is 20.2. The summed E-state index contributed by atoms with van der Waals surface area (Å²) in [5, 5.41) is 3.13. The summed E-state index contributed by atoms with van der Waals surface area (Å²) in [6.45, 7) is 1.51. The number of hydrogen-bond donors (Lipinski definition) is 2. The summed E-state index contributed by atoms with van der Waals surface area (Å²) >= 11 is 0. The van der Waals surface area contributed by atoms with Crippen LogP contribution in [0.25, 0.3) is 0 Å². The van der Waals surface area contributed by atoms with E-state index in [1.807, 2.05) is 0 Å². The lowest BCUT2D eigenvalue weighted by atomic mass is 10.1. The van der Waals surface area contributed by atoms with E-state index in [4.69, 9.17) is 4.74 Å². The Balaban J connectivity index is 2.18. The molecule has 2 rings (SSSR count). The lowest BCUT2D eigenvalue weighted by Gasteiger charge is -2.23. The van der Waals surface area contributed by atoms with Crippen LogP contribution < -0.4 is 14.8 Å². The van der Waals surface area contributed by atoms with E-state index in [2.05, 4.69) is 10.0 Å². The van der Waals surface area contributed by atoms with Gasteiger partial charge in [-0.15, -0.1) is 0 Å². The van der Waals surface area contributed by atoms with E-state index in [-0.39, 0.29) is 16.7 Å². The van der Waals surface area contributed by atoms with E-state index in [0.29, 0.717) is 6.54 Å². The first kappa shape index (κ1) is 14.2. The molecule has 0 aliphatic carbocycles. The number of nitrogens with one attached hydrogen (secondary N) is 2. The highest BCUT2D eigenvalue weighted by Gasteiger charge is 2.22. The Morgan fingerprint density at radius 1 is 1.47 bits per heavy atom. The fourth-order valence-electron chi connectivity index (χ4n) is 2.05. The number of halogens is 1. The van der Waals surface area contributed by atoms with Crippen LogP contribution in [0.5, 0.6) is 5.75 Å². The maximum Gasteiger partial charge on any atom is 0.241 e. The molecule has 0 aromatic heterocycles. The molecule has 1 aromatic rings. The summed E-state index contributed by atoms with van der Waals surface area (Å²) in [4.78, 5) is 0.0105. The van der Waals surface area contributed by atoms with Gasteiger partial charge in [0.15, 0.2) is 11.6 Å². The highest BCUT2D eigenvalue weighted by molar-refractivity contribution is 7.89. The summed E-state index contributed by atoms with van der Waals surface area (Å²) < 4.78 is 45.0. The van der Waals surface area contributed by atoms with Gasteiger partial charge < -0.3 is 10.1 Å². The van der Waals surface area contributed by atoms with Gasteiger partial charge in [-0.1, -0.05) is 0 Å². The van der Waals surface area contributed by atoms with E-state index in [1.165, 1.54) is 19.2 Å². The summed E-state index contributed by atoms with van der Waals surface area (Å²) in [6.07, 6.45) is 1.73. The number of sulfonamides is 1. The van der Waals surface area contributed by atoms with E-state index in [1.54, 1.807) is 0 Å². The minimum Gasteiger partial charge on any atom is -0.494 e. The van der Waals surface area contributed by atoms with Crippen LogP contribution >= 0.6 is 0 Å². The SMILES string of the molecule is COc1cc(S(=O)(=O)NC2CCCNC2)ccc1F. The van der Waals surface area contributed by atoms with Gasteiger partial charge in [0.05, 0.1) is 12.0 Å². The third-order valence-electron chi connectivity index (χ3n) is 3.05. The smallest absolute Gasteiger partial charge is 0.241 e. The lowest BCUT2D eigenvalue weighted by molar-refractivity contribution is 0.384. The third kappa shape index (κ3) is 3.43. The molecule has 1 fully saturated rings. The van der Waals surface area contributed by atoms with Gasteiger partial charge >= 0.3 is 0 Å². The van der Waals surface area contributed by atoms with Crippen molar-refractivity contribution in [2.24, 2.45) is 0 Å². The molecule has 0 bridgehead atoms. The van der Waals surface area contributed by atoms with E-state index in [9.17, 15) is 12.8 Å². The number of ether oxygens (including phenoxy) is 1. The zero-order valence-corrected chi connectivity index (χ0v) is 11.5. The first-order valence-corrected chi connectivity index (χ1v) is 7.58. The lowest BCUT2D eigenvalue weighted by Crippen LogP contribution is -2.45. The fraction of sp³-hybridized carbons (Fsp3) is 0.500. The van der Waals surface area contributed by atoms with Gasteiger partial charge in [0.1, 0.15) is 0 Å². The molecule has 106 valence electrons. The summed E-state index contributed by atoms with van der Waals surface area (Å²) in [6, 6.07) is 3.38. The largest absolute Gasteiger partial charge is 0.494 e. The van der Waals surface area contributed by atoms with Crippen LogP contribution in [0, 0.1) is 5.82 Å². The molecule has 1 saturated heterocycles. The van der Waals surface area contributed by atoms with Crippen LogP contribution in [0.15, 0.2) is 23.1 Å². The van der Waals surface area contributed by atoms with Crippen molar-refractivity contribution in [3.05, 3.63) is 24.0 Å². The fourth-order valence-corrected chi connectivity index (χ4v) is 3.33. The third-order valence-corrected chi connectivity index (χ3v) is 4.57. The van der Waals surface area contributed by atoms with Crippen LogP contribution in [-0.4, -0.2) is 34.7 Å². The Hall–Kier alpha value is -1.18. The molecule has 0 radical (unpaired) electrons. The van der Waals surface area contributed by atoms with Crippen molar-refractivity contribution < 1.29 is 17.5 Å². The molecule has 5 nitrogen and oxygen atoms in total. The number of piperidine rings is 1. The molecule has 2 N–H and O–H groups in total. The van der Waals surface area contributed by atoms with Crippen LogP contribution in [0.1, 0.15) is 12.8 Å². The van der Waals surface area contributed by atoms with Crippen molar-refractivity contribution in [3.63, 3.8) is 0 Å². The van der Waals surface area contributed by atoms with Crippen molar-refractivity contribution in [2.45, 2.75) is 23.8 Å². The second kappa shape index (κ2) is 5.85. The Morgan fingerprint density at radius 3 is 2.89 bits per heavy atom. The highest BCUT2D eigenvalue weighted by Crippen LogP contribution is 2.21. The topological polar surface area (TPSA) is 67.4 Å². The standard InChI is InChI=1S/C12H17FN2O3S/c1-18-12-7-10(4-5-11(12)13)19(16,17)15-9-3-2-6-14-8-9/h4-5,7,9,14-15H,2-3,6,8H2,1H3. The highest BCUT2D eigenvalue weighted by atomic mass is 32.2. The second-order valence-electron chi connectivity index (χ2n) is 4.46. The minimum atomic E-state index is -3.65. The van der Waals surface area contributed by atoms with Gasteiger partial charge in [-0.2, -0.15) is 0 Å². The predicted molar refractivity (Wildman–Crippen MR) is 69.2 cm³/mol. The zero-order chi connectivity index (χ0) is 13.9. The second-order valence-corrected chi connectivity index (χ2v) is 6.17. The first-order chi connectivity index (χ1) is 9.03. The van der Waals surface area contributed by atoms with Gasteiger partial charge in [-0.05, 0) is 31.5 Å². The van der Waals surface area contributed by atoms with Gasteiger partial charge in [0.2, 0.25) is 10.0 Å². The average molecular weight is 288 g/mol. The Kier molecular flexibility index (Phi) is 4.38. The monoisotopic (exact) mass is 288 g/mol. The molecular weight excluding hydrogens is 271 g/mol. The van der Waals surface area contributed by atoms with Crippen molar-refractivity contribution in [1.29, 1.82) is 0 Å². The predicted octanol–water partition coefficient (Wildman–Crippen LogP) is 0.865. The van der Waals surface area contributed by atoms with Crippen LogP contribution in [0.3, 0.4) is 0 Å². The van der Waals surface area contributed by atoms with Crippen LogP contribution in [0.4, 0.5) is 4.39 Å². The van der Waals surface area contributed by atoms with Crippen LogP contribution in [0.2, 0.25) is 0 Å². The van der Waals surface area contributed by atoms with E-state index < -0.39 is 15.8 Å². The molecule has 1 aromatic carbocycles. The molecule has 1 aliphatic heterocycles. The molecular formula is C12H17FN2O3S. The molecule has 1 heterocycles. The van der Waals surface area contributed by atoms with Crippen LogP contribution in [-0.2, 0) is 10.0 Å². The number of hydrogen-bond acceptors (Lipinski definition) is 4. The van der Waals surface area contributed by atoms with Crippen molar-refractivity contribution in [2.75, 3.05) is 20.2 Å². The Morgan fingerprint density at radius 2 is 2.26 bits per heavy atom. The minimum absolute atomic E-state index is 0.0105. The Bertz CT molecular complexity index is 542. The van der Waals surface area contributed by atoms with Gasteiger partial charge in [-0.25, -0.2) is 17.5 Å². The first-order valence-electron chi connectivity index (χ1n) is 6.09. The van der Waals surface area contributed by atoms with Crippen molar-refractivity contribution in [1.82, 2.24) is 10.0 Å². The maximum absolute atomic E-state index is 13.3. The number of methoxy groups -OCH3 is 1. The molecule has 0 saturated carbocycles. The molecule has 0 spiro atoms. The number of rotatable bonds is 4. The molecule has 1 aliphatic rings. The maximum atomic E-state index is 13.3. The van der Waals surface area contributed by atoms with Crippen molar-refractivity contribution in [3.8, 4) is 5.75 Å².